The van der Waals surface area contributed by atoms with Crippen molar-refractivity contribution in [1.82, 2.24) is 10.9 Å². The van der Waals surface area contributed by atoms with Gasteiger partial charge in [-0.1, -0.05) is 18.2 Å². The molecule has 2 aromatic rings. The quantitative estimate of drug-likeness (QED) is 0.840. The molecule has 0 saturated heterocycles. The number of halogens is 1. The molecule has 0 aliphatic heterocycles. The number of carbonyl (C=O) groups is 2. The van der Waals surface area contributed by atoms with Crippen LogP contribution in [0, 0.1) is 17.1 Å². The van der Waals surface area contributed by atoms with Crippen molar-refractivity contribution in [3.63, 3.8) is 0 Å². The summed E-state index contributed by atoms with van der Waals surface area (Å²) < 4.78 is 18.7. The SMILES string of the molecule is C[C@@H](Oc1ccccc1F)C(=O)NNC(=O)c1cccc(C#N)c1. The van der Waals surface area contributed by atoms with Crippen molar-refractivity contribution in [2.24, 2.45) is 0 Å². The summed E-state index contributed by atoms with van der Waals surface area (Å²) in [5.41, 5.74) is 4.94. The highest BCUT2D eigenvalue weighted by Crippen LogP contribution is 2.16. The highest BCUT2D eigenvalue weighted by Gasteiger charge is 2.17. The molecule has 0 spiro atoms. The van der Waals surface area contributed by atoms with Crippen LogP contribution < -0.4 is 15.6 Å². The summed E-state index contributed by atoms with van der Waals surface area (Å²) in [5, 5.41) is 8.80. The summed E-state index contributed by atoms with van der Waals surface area (Å²) in [4.78, 5) is 23.8. The number of hydrazine groups is 1. The van der Waals surface area contributed by atoms with Crippen LogP contribution in [0.5, 0.6) is 5.75 Å². The standard InChI is InChI=1S/C17H14FN3O3/c1-11(24-15-8-3-2-7-14(15)18)16(22)20-21-17(23)13-6-4-5-12(9-13)10-19/h2-9,11H,1H3,(H,20,22)(H,21,23)/t11-/m1/s1. The van der Waals surface area contributed by atoms with E-state index in [9.17, 15) is 14.0 Å². The van der Waals surface area contributed by atoms with E-state index in [0.29, 0.717) is 5.56 Å². The lowest BCUT2D eigenvalue weighted by atomic mass is 10.1. The molecule has 2 aromatic carbocycles. The molecule has 6 nitrogen and oxygen atoms in total. The lowest BCUT2D eigenvalue weighted by Crippen LogP contribution is -2.47. The molecule has 24 heavy (non-hydrogen) atoms. The summed E-state index contributed by atoms with van der Waals surface area (Å²) in [6, 6.07) is 13.6. The Morgan fingerprint density at radius 1 is 1.17 bits per heavy atom. The monoisotopic (exact) mass is 327 g/mol. The second-order valence-electron chi connectivity index (χ2n) is 4.83. The zero-order valence-electron chi connectivity index (χ0n) is 12.7. The predicted molar refractivity (Wildman–Crippen MR) is 83.3 cm³/mol. The highest BCUT2D eigenvalue weighted by atomic mass is 19.1. The maximum atomic E-state index is 13.5. The van der Waals surface area contributed by atoms with E-state index in [0.717, 1.165) is 0 Å². The maximum absolute atomic E-state index is 13.5. The smallest absolute Gasteiger partial charge is 0.279 e. The first-order chi connectivity index (χ1) is 11.5. The molecular formula is C17H14FN3O3. The normalized spacial score (nSPS) is 11.0. The van der Waals surface area contributed by atoms with E-state index in [2.05, 4.69) is 10.9 Å². The summed E-state index contributed by atoms with van der Waals surface area (Å²) in [6.07, 6.45) is -1.02. The van der Waals surface area contributed by atoms with Crippen molar-refractivity contribution in [3.8, 4) is 11.8 Å². The molecule has 7 heteroatoms. The molecule has 0 fully saturated rings. The van der Waals surface area contributed by atoms with Crippen LogP contribution in [0.2, 0.25) is 0 Å². The van der Waals surface area contributed by atoms with Crippen LogP contribution >= 0.6 is 0 Å². The van der Waals surface area contributed by atoms with Gasteiger partial charge < -0.3 is 4.74 Å². The largest absolute Gasteiger partial charge is 0.478 e. The lowest BCUT2D eigenvalue weighted by Gasteiger charge is -2.15. The Labute approximate surface area is 137 Å². The maximum Gasteiger partial charge on any atom is 0.279 e. The van der Waals surface area contributed by atoms with E-state index >= 15 is 0 Å². The van der Waals surface area contributed by atoms with Gasteiger partial charge in [0.15, 0.2) is 17.7 Å². The number of nitrogens with zero attached hydrogens (tertiary/aromatic N) is 1. The van der Waals surface area contributed by atoms with Gasteiger partial charge in [-0.25, -0.2) is 4.39 Å². The van der Waals surface area contributed by atoms with Crippen molar-refractivity contribution >= 4 is 11.8 Å². The van der Waals surface area contributed by atoms with Crippen LogP contribution in [0.3, 0.4) is 0 Å². The summed E-state index contributed by atoms with van der Waals surface area (Å²) in [6.45, 7) is 1.42. The number of hydrogen-bond acceptors (Lipinski definition) is 4. The van der Waals surface area contributed by atoms with Gasteiger partial charge in [-0.05, 0) is 37.3 Å². The molecule has 0 aliphatic carbocycles. The number of ether oxygens (including phenoxy) is 1. The van der Waals surface area contributed by atoms with Gasteiger partial charge in [-0.2, -0.15) is 5.26 Å². The summed E-state index contributed by atoms with van der Waals surface area (Å²) >= 11 is 0. The van der Waals surface area contributed by atoms with E-state index < -0.39 is 23.7 Å². The average Bonchev–Trinajstić information content (AvgIpc) is 2.61. The molecule has 1 atom stereocenters. The fourth-order valence-electron chi connectivity index (χ4n) is 1.81. The third-order valence-electron chi connectivity index (χ3n) is 3.06. The molecule has 0 saturated carbocycles. The number of nitrogens with one attached hydrogen (secondary N) is 2. The van der Waals surface area contributed by atoms with E-state index in [1.807, 2.05) is 6.07 Å². The Morgan fingerprint density at radius 2 is 1.92 bits per heavy atom. The molecule has 2 N–H and O–H groups in total. The van der Waals surface area contributed by atoms with Crippen LogP contribution in [0.15, 0.2) is 48.5 Å². The van der Waals surface area contributed by atoms with Gasteiger partial charge in [0.05, 0.1) is 11.6 Å². The van der Waals surface area contributed by atoms with Crippen molar-refractivity contribution < 1.29 is 18.7 Å². The topological polar surface area (TPSA) is 91.2 Å². The van der Waals surface area contributed by atoms with Crippen LogP contribution in [0.4, 0.5) is 4.39 Å². The van der Waals surface area contributed by atoms with Crippen LogP contribution in [0.25, 0.3) is 0 Å². The molecule has 0 unspecified atom stereocenters. The first kappa shape index (κ1) is 17.0. The molecule has 0 aliphatic rings. The molecule has 122 valence electrons. The van der Waals surface area contributed by atoms with Crippen molar-refractivity contribution in [2.45, 2.75) is 13.0 Å². The summed E-state index contributed by atoms with van der Waals surface area (Å²) in [5.74, 6) is -1.88. The predicted octanol–water partition coefficient (Wildman–Crippen LogP) is 1.93. The Balaban J connectivity index is 1.91. The van der Waals surface area contributed by atoms with Gasteiger partial charge in [-0.3, -0.25) is 20.4 Å². The van der Waals surface area contributed by atoms with Gasteiger partial charge in [0.1, 0.15) is 0 Å². The Kier molecular flexibility index (Phi) is 5.47. The number of benzene rings is 2. The zero-order valence-corrected chi connectivity index (χ0v) is 12.7. The number of para-hydroxylation sites is 1. The number of amides is 2. The van der Waals surface area contributed by atoms with Gasteiger partial charge in [-0.15, -0.1) is 0 Å². The van der Waals surface area contributed by atoms with Gasteiger partial charge in [0.25, 0.3) is 11.8 Å². The molecule has 0 bridgehead atoms. The molecule has 0 aromatic heterocycles. The van der Waals surface area contributed by atoms with Crippen molar-refractivity contribution in [3.05, 3.63) is 65.5 Å². The second kappa shape index (κ2) is 7.74. The second-order valence-corrected chi connectivity index (χ2v) is 4.83. The van der Waals surface area contributed by atoms with Crippen LogP contribution in [-0.4, -0.2) is 17.9 Å². The Bertz CT molecular complexity index is 802. The first-order valence-corrected chi connectivity index (χ1v) is 7.03. The molecule has 2 amide bonds. The molecular weight excluding hydrogens is 313 g/mol. The van der Waals surface area contributed by atoms with Gasteiger partial charge >= 0.3 is 0 Å². The number of hydrogen-bond donors (Lipinski definition) is 2. The Morgan fingerprint density at radius 3 is 2.62 bits per heavy atom. The minimum absolute atomic E-state index is 0.0619. The number of rotatable bonds is 4. The fourth-order valence-corrected chi connectivity index (χ4v) is 1.81. The Hall–Kier alpha value is -3.40. The van der Waals surface area contributed by atoms with E-state index in [1.165, 1.54) is 37.3 Å². The van der Waals surface area contributed by atoms with Gasteiger partial charge in [0, 0.05) is 5.56 Å². The van der Waals surface area contributed by atoms with Gasteiger partial charge in [0.2, 0.25) is 0 Å². The third kappa shape index (κ3) is 4.30. The van der Waals surface area contributed by atoms with Crippen LogP contribution in [-0.2, 0) is 4.79 Å². The van der Waals surface area contributed by atoms with E-state index in [-0.39, 0.29) is 11.3 Å². The highest BCUT2D eigenvalue weighted by molar-refractivity contribution is 5.96. The average molecular weight is 327 g/mol. The third-order valence-corrected chi connectivity index (χ3v) is 3.06. The van der Waals surface area contributed by atoms with Crippen molar-refractivity contribution in [1.29, 1.82) is 5.26 Å². The van der Waals surface area contributed by atoms with E-state index in [1.54, 1.807) is 18.2 Å². The first-order valence-electron chi connectivity index (χ1n) is 7.03. The lowest BCUT2D eigenvalue weighted by molar-refractivity contribution is -0.128. The van der Waals surface area contributed by atoms with Crippen LogP contribution in [0.1, 0.15) is 22.8 Å². The molecule has 0 radical (unpaired) electrons. The summed E-state index contributed by atoms with van der Waals surface area (Å²) in [7, 11) is 0. The number of nitriles is 1. The minimum atomic E-state index is -1.02. The molecule has 0 heterocycles. The fraction of sp³-hybridized carbons (Fsp3) is 0.118. The van der Waals surface area contributed by atoms with E-state index in [4.69, 9.17) is 10.00 Å². The number of carbonyl (C=O) groups excluding carboxylic acids is 2. The zero-order chi connectivity index (χ0) is 17.5. The molecule has 2 rings (SSSR count). The van der Waals surface area contributed by atoms with Crippen molar-refractivity contribution in [2.75, 3.05) is 0 Å². The minimum Gasteiger partial charge on any atom is -0.478 e.